The Hall–Kier alpha value is 0.802. The van der Waals surface area contributed by atoms with Crippen molar-refractivity contribution >= 4 is 5.97 Å². The number of carbonyl (C=O) groups excluding carboxylic acids is 1. The van der Waals surface area contributed by atoms with Crippen molar-refractivity contribution in [2.24, 2.45) is 0 Å². The predicted molar refractivity (Wildman–Crippen MR) is 28.0 cm³/mol. The second-order valence-electron chi connectivity index (χ2n) is 0.706. The molecule has 1 N–H and O–H groups in total. The first-order valence-corrected chi connectivity index (χ1v) is 1.77. The first-order valence-electron chi connectivity index (χ1n) is 1.77. The summed E-state index contributed by atoms with van der Waals surface area (Å²) in [7, 11) is 0. The summed E-state index contributed by atoms with van der Waals surface area (Å²) < 4.78 is 0. The number of carboxylic acid groups (broad SMARTS) is 1. The van der Waals surface area contributed by atoms with Gasteiger partial charge in [-0.1, -0.05) is 13.2 Å². The van der Waals surface area contributed by atoms with Crippen molar-refractivity contribution in [3.8, 4) is 0 Å². The van der Waals surface area contributed by atoms with E-state index >= 15 is 0 Å². The number of carboxylic acids is 1. The number of hydrogen-bond donors (Lipinski definition) is 1. The summed E-state index contributed by atoms with van der Waals surface area (Å²) in [5.74, 6) is -1.23. The Labute approximate surface area is 113 Å². The van der Waals surface area contributed by atoms with E-state index in [2.05, 4.69) is 13.2 Å². The molecule has 0 aromatic rings. The van der Waals surface area contributed by atoms with Crippen LogP contribution < -0.4 is 74.0 Å². The predicted octanol–water partition coefficient (Wildman–Crippen LogP) is -3.39. The molecule has 0 spiro atoms. The van der Waals surface area contributed by atoms with Gasteiger partial charge in [-0.3, -0.25) is 0 Å². The van der Waals surface area contributed by atoms with Gasteiger partial charge in [0.2, 0.25) is 0 Å². The Morgan fingerprint density at radius 2 is 1.67 bits per heavy atom. The maximum atomic E-state index is 9.14. The van der Waals surface area contributed by atoms with E-state index < -0.39 is 5.97 Å². The van der Waals surface area contributed by atoms with Crippen molar-refractivity contribution in [3.05, 3.63) is 25.5 Å². The summed E-state index contributed by atoms with van der Waals surface area (Å²) in [5.41, 5.74) is 0. The molecule has 3 nitrogen and oxygen atoms in total. The molecule has 0 aromatic heterocycles. The molecule has 0 unspecified atom stereocenters. The van der Waals surface area contributed by atoms with Crippen molar-refractivity contribution < 1.29 is 83.9 Å². The van der Waals surface area contributed by atoms with Crippen molar-refractivity contribution in [2.75, 3.05) is 0 Å². The van der Waals surface area contributed by atoms with Gasteiger partial charge in [0.15, 0.2) is 0 Å². The Balaban J connectivity index is -0.0000000800. The number of aliphatic hydroxyl groups is 1. The minimum Gasteiger partial charge on any atom is -0.545 e. The number of carbonyl (C=O) groups is 1. The van der Waals surface area contributed by atoms with Crippen LogP contribution in [-0.4, -0.2) is 11.1 Å². The summed E-state index contributed by atoms with van der Waals surface area (Å²) in [6.07, 6.45) is 1.47. The number of aliphatic carboxylic acids is 1. The number of hydrogen-bond acceptors (Lipinski definition) is 3. The fourth-order valence-electron chi connectivity index (χ4n) is 0. The smallest absolute Gasteiger partial charge is 0.545 e. The second kappa shape index (κ2) is 15.9. The molecule has 0 atom stereocenters. The van der Waals surface area contributed by atoms with E-state index in [1.807, 2.05) is 0 Å². The minimum absolute atomic E-state index is 0. The molecule has 9 heavy (non-hydrogen) atoms. The van der Waals surface area contributed by atoms with Gasteiger partial charge in [0, 0.05) is 0 Å². The van der Waals surface area contributed by atoms with Crippen molar-refractivity contribution in [2.45, 2.75) is 0 Å². The molecule has 46 valence electrons. The molecule has 0 amide bonds. The molecule has 0 bridgehead atoms. The van der Waals surface area contributed by atoms with Crippen LogP contribution in [0.1, 0.15) is 0 Å². The third kappa shape index (κ3) is 51.9. The second-order valence-corrected chi connectivity index (χ2v) is 0.706. The standard InChI is InChI=1S/C3H4O2.C2H4O.Cs/c1-2-3(4)5;1-2-3;/h2H,1H2,(H,4,5);2-3H,1H2;/q;;+1/p-1. The monoisotopic (exact) mass is 248 g/mol. The van der Waals surface area contributed by atoms with Gasteiger partial charge in [-0.15, -0.1) is 0 Å². The van der Waals surface area contributed by atoms with Crippen LogP contribution in [0.5, 0.6) is 0 Å². The van der Waals surface area contributed by atoms with Crippen LogP contribution in [0.15, 0.2) is 25.5 Å². The molecule has 0 rings (SSSR count). The zero-order chi connectivity index (χ0) is 6.99. The van der Waals surface area contributed by atoms with Crippen LogP contribution in [0.4, 0.5) is 0 Å². The van der Waals surface area contributed by atoms with Gasteiger partial charge in [-0.25, -0.2) is 0 Å². The SMILES string of the molecule is C=CC(=O)[O-].C=CO.[Cs+]. The summed E-state index contributed by atoms with van der Waals surface area (Å²) in [4.78, 5) is 9.14. The molecule has 0 aliphatic rings. The van der Waals surface area contributed by atoms with Gasteiger partial charge in [0.25, 0.3) is 0 Å². The summed E-state index contributed by atoms with van der Waals surface area (Å²) in [5, 5.41) is 16.5. The zero-order valence-electron chi connectivity index (χ0n) is 5.33. The Kier molecular flexibility index (Phi) is 29.0. The van der Waals surface area contributed by atoms with E-state index in [-0.39, 0.29) is 68.9 Å². The third-order valence-corrected chi connectivity index (χ3v) is 0.167. The number of aliphatic hydroxyl groups excluding tert-OH is 1. The minimum atomic E-state index is -1.23. The molecule has 0 radical (unpaired) electrons. The van der Waals surface area contributed by atoms with Crippen LogP contribution in [-0.2, 0) is 4.79 Å². The molecule has 0 fully saturated rings. The first-order chi connectivity index (χ1) is 3.68. The summed E-state index contributed by atoms with van der Waals surface area (Å²) >= 11 is 0. The quantitative estimate of drug-likeness (QED) is 0.389. The Morgan fingerprint density at radius 1 is 1.56 bits per heavy atom. The van der Waals surface area contributed by atoms with E-state index in [1.165, 1.54) is 0 Å². The van der Waals surface area contributed by atoms with E-state index in [9.17, 15) is 0 Å². The molecule has 0 aliphatic heterocycles. The van der Waals surface area contributed by atoms with Crippen LogP contribution in [0.25, 0.3) is 0 Å². The topological polar surface area (TPSA) is 60.4 Å². The van der Waals surface area contributed by atoms with E-state index in [0.29, 0.717) is 0 Å². The Bertz CT molecular complexity index is 90.2. The molecule has 0 aromatic carbocycles. The normalized spacial score (nSPS) is 4.89. The molecule has 0 heterocycles. The third-order valence-electron chi connectivity index (χ3n) is 0.167. The van der Waals surface area contributed by atoms with Crippen LogP contribution in [0.2, 0.25) is 0 Å². The maximum Gasteiger partial charge on any atom is 1.00 e. The van der Waals surface area contributed by atoms with Gasteiger partial charge >= 0.3 is 68.9 Å². The van der Waals surface area contributed by atoms with Crippen molar-refractivity contribution in [1.29, 1.82) is 0 Å². The fraction of sp³-hybridized carbons (Fsp3) is 0. The largest absolute Gasteiger partial charge is 1.00 e. The molecular weight excluding hydrogens is 241 g/mol. The van der Waals surface area contributed by atoms with Crippen molar-refractivity contribution in [3.63, 3.8) is 0 Å². The van der Waals surface area contributed by atoms with Crippen LogP contribution in [0, 0.1) is 0 Å². The summed E-state index contributed by atoms with van der Waals surface area (Å²) in [6.45, 7) is 5.81. The zero-order valence-corrected chi connectivity index (χ0v) is 11.6. The molecule has 0 aliphatic carbocycles. The number of rotatable bonds is 1. The first kappa shape index (κ1) is 16.4. The van der Waals surface area contributed by atoms with Gasteiger partial charge in [0.1, 0.15) is 0 Å². The molecular formula is C5H7CsO3. The van der Waals surface area contributed by atoms with Crippen molar-refractivity contribution in [1.82, 2.24) is 0 Å². The van der Waals surface area contributed by atoms with E-state index in [1.54, 1.807) is 0 Å². The van der Waals surface area contributed by atoms with Gasteiger partial charge in [0.05, 0.1) is 12.2 Å². The maximum absolute atomic E-state index is 9.14. The van der Waals surface area contributed by atoms with Crippen LogP contribution >= 0.6 is 0 Å². The summed E-state index contributed by atoms with van der Waals surface area (Å²) in [6, 6.07) is 0. The van der Waals surface area contributed by atoms with E-state index in [4.69, 9.17) is 15.0 Å². The molecule has 0 saturated carbocycles. The van der Waals surface area contributed by atoms with E-state index in [0.717, 1.165) is 12.3 Å². The fourth-order valence-corrected chi connectivity index (χ4v) is 0. The Morgan fingerprint density at radius 3 is 1.67 bits per heavy atom. The van der Waals surface area contributed by atoms with Gasteiger partial charge < -0.3 is 15.0 Å². The van der Waals surface area contributed by atoms with Gasteiger partial charge in [-0.2, -0.15) is 0 Å². The molecule has 4 heteroatoms. The van der Waals surface area contributed by atoms with Gasteiger partial charge in [-0.05, 0) is 6.08 Å². The average Bonchev–Trinajstić information content (AvgIpc) is 1.69. The average molecular weight is 248 g/mol. The molecule has 0 saturated heterocycles. The van der Waals surface area contributed by atoms with Crippen LogP contribution in [0.3, 0.4) is 0 Å².